The van der Waals surface area contributed by atoms with Gasteiger partial charge in [0.1, 0.15) is 0 Å². The van der Waals surface area contributed by atoms with E-state index in [2.05, 4.69) is 20.4 Å². The van der Waals surface area contributed by atoms with Crippen LogP contribution in [0.5, 0.6) is 0 Å². The molecule has 2 aromatic heterocycles. The third-order valence-electron chi connectivity index (χ3n) is 4.70. The Morgan fingerprint density at radius 2 is 1.97 bits per heavy atom. The minimum Gasteiger partial charge on any atom is -0.339 e. The van der Waals surface area contributed by atoms with Crippen LogP contribution in [0.2, 0.25) is 0 Å². The lowest BCUT2D eigenvalue weighted by molar-refractivity contribution is -0.116. The maximum Gasteiger partial charge on any atom is 0.259 e. The summed E-state index contributed by atoms with van der Waals surface area (Å²) >= 11 is 0. The van der Waals surface area contributed by atoms with E-state index < -0.39 is 0 Å². The highest BCUT2D eigenvalue weighted by atomic mass is 16.5. The number of amides is 1. The monoisotopic (exact) mass is 388 g/mol. The van der Waals surface area contributed by atoms with Crippen LogP contribution in [0.3, 0.4) is 0 Å². The molecule has 2 N–H and O–H groups in total. The molecule has 146 valence electrons. The Morgan fingerprint density at radius 3 is 2.79 bits per heavy atom. The summed E-state index contributed by atoms with van der Waals surface area (Å²) < 4.78 is 5.24. The number of hydrogen-bond donors (Lipinski definition) is 2. The average Bonchev–Trinajstić information content (AvgIpc) is 3.16. The van der Waals surface area contributed by atoms with E-state index in [4.69, 9.17) is 4.52 Å². The Kier molecular flexibility index (Phi) is 4.95. The molecule has 7 heteroatoms. The van der Waals surface area contributed by atoms with Gasteiger partial charge in [0.05, 0.1) is 5.56 Å². The van der Waals surface area contributed by atoms with E-state index in [0.717, 1.165) is 27.7 Å². The molecular weight excluding hydrogens is 368 g/mol. The molecule has 0 unspecified atom stereocenters. The Balaban J connectivity index is 1.47. The highest BCUT2D eigenvalue weighted by Crippen LogP contribution is 2.19. The highest BCUT2D eigenvalue weighted by Gasteiger charge is 2.14. The van der Waals surface area contributed by atoms with Crippen molar-refractivity contribution in [3.63, 3.8) is 0 Å². The number of aromatic amines is 1. The van der Waals surface area contributed by atoms with Crippen molar-refractivity contribution in [1.82, 2.24) is 15.1 Å². The minimum atomic E-state index is -0.284. The lowest BCUT2D eigenvalue weighted by Gasteiger charge is -2.06. The number of benzene rings is 2. The van der Waals surface area contributed by atoms with Gasteiger partial charge in [-0.25, -0.2) is 0 Å². The normalized spacial score (nSPS) is 11.0. The fourth-order valence-corrected chi connectivity index (χ4v) is 3.09. The van der Waals surface area contributed by atoms with Crippen LogP contribution in [0.4, 0.5) is 5.69 Å². The minimum absolute atomic E-state index is 0.141. The summed E-state index contributed by atoms with van der Waals surface area (Å²) in [5, 5.41) is 7.66. The molecular formula is C22H20N4O3. The van der Waals surface area contributed by atoms with Gasteiger partial charge < -0.3 is 14.8 Å². The van der Waals surface area contributed by atoms with Gasteiger partial charge in [0.2, 0.25) is 17.6 Å². The first-order chi connectivity index (χ1) is 14.0. The number of H-pyrrole nitrogens is 1. The summed E-state index contributed by atoms with van der Waals surface area (Å²) in [5.74, 6) is 0.379. The van der Waals surface area contributed by atoms with E-state index >= 15 is 0 Å². The van der Waals surface area contributed by atoms with E-state index in [-0.39, 0.29) is 30.1 Å². The molecule has 0 saturated heterocycles. The summed E-state index contributed by atoms with van der Waals surface area (Å²) in [6, 6.07) is 15.1. The van der Waals surface area contributed by atoms with Gasteiger partial charge in [-0.2, -0.15) is 4.98 Å². The van der Waals surface area contributed by atoms with Crippen molar-refractivity contribution >= 4 is 22.5 Å². The van der Waals surface area contributed by atoms with Crippen LogP contribution in [-0.4, -0.2) is 21.0 Å². The van der Waals surface area contributed by atoms with Crippen LogP contribution in [0.25, 0.3) is 22.3 Å². The molecule has 0 aliphatic heterocycles. The van der Waals surface area contributed by atoms with Crippen molar-refractivity contribution in [2.75, 3.05) is 5.32 Å². The summed E-state index contributed by atoms with van der Waals surface area (Å²) in [5.41, 5.74) is 3.64. The molecule has 0 radical (unpaired) electrons. The molecule has 4 rings (SSSR count). The van der Waals surface area contributed by atoms with Crippen molar-refractivity contribution in [3.8, 4) is 11.4 Å². The van der Waals surface area contributed by atoms with E-state index in [1.54, 1.807) is 6.07 Å². The number of rotatable bonds is 5. The molecule has 4 aromatic rings. The molecule has 0 atom stereocenters. The Bertz CT molecular complexity index is 1260. The molecule has 0 fully saturated rings. The van der Waals surface area contributed by atoms with Crippen molar-refractivity contribution < 1.29 is 9.32 Å². The number of hydrogen-bond acceptors (Lipinski definition) is 5. The Labute approximate surface area is 166 Å². The Morgan fingerprint density at radius 1 is 1.14 bits per heavy atom. The van der Waals surface area contributed by atoms with Crippen molar-refractivity contribution in [2.45, 2.75) is 26.7 Å². The molecule has 2 aromatic carbocycles. The third kappa shape index (κ3) is 4.08. The SMILES string of the molecule is Cc1ccc2cc(-c3noc(CCC(=O)Nc4ccccc4C)n3)c(=O)[nH]c2c1. The topological polar surface area (TPSA) is 101 Å². The van der Waals surface area contributed by atoms with E-state index in [1.165, 1.54) is 0 Å². The average molecular weight is 388 g/mol. The molecule has 2 heterocycles. The summed E-state index contributed by atoms with van der Waals surface area (Å²) in [7, 11) is 0. The zero-order valence-corrected chi connectivity index (χ0v) is 16.2. The van der Waals surface area contributed by atoms with Gasteiger partial charge in [0, 0.05) is 24.0 Å². The second-order valence-corrected chi connectivity index (χ2v) is 6.98. The number of carbonyl (C=O) groups excluding carboxylic acids is 1. The maximum absolute atomic E-state index is 12.4. The fraction of sp³-hybridized carbons (Fsp3) is 0.182. The molecule has 1 amide bonds. The van der Waals surface area contributed by atoms with Gasteiger partial charge in [-0.3, -0.25) is 9.59 Å². The van der Waals surface area contributed by atoms with Crippen LogP contribution in [0, 0.1) is 13.8 Å². The molecule has 0 aliphatic rings. The summed E-state index contributed by atoms with van der Waals surface area (Å²) in [6.45, 7) is 3.90. The third-order valence-corrected chi connectivity index (χ3v) is 4.70. The number of anilines is 1. The van der Waals surface area contributed by atoms with Crippen LogP contribution in [0.15, 0.2) is 57.8 Å². The number of carbonyl (C=O) groups is 1. The smallest absolute Gasteiger partial charge is 0.259 e. The first kappa shape index (κ1) is 18.6. The first-order valence-corrected chi connectivity index (χ1v) is 9.32. The van der Waals surface area contributed by atoms with Crippen LogP contribution in [-0.2, 0) is 11.2 Å². The zero-order chi connectivity index (χ0) is 20.4. The number of aryl methyl sites for hydroxylation is 3. The zero-order valence-electron chi connectivity index (χ0n) is 16.2. The van der Waals surface area contributed by atoms with Crippen molar-refractivity contribution in [1.29, 1.82) is 0 Å². The number of nitrogens with zero attached hydrogens (tertiary/aromatic N) is 2. The number of fused-ring (bicyclic) bond motifs is 1. The molecule has 0 spiro atoms. The predicted octanol–water partition coefficient (Wildman–Crippen LogP) is 3.77. The molecule has 7 nitrogen and oxygen atoms in total. The Hall–Kier alpha value is -3.74. The quantitative estimate of drug-likeness (QED) is 0.542. The lowest BCUT2D eigenvalue weighted by atomic mass is 10.1. The second-order valence-electron chi connectivity index (χ2n) is 6.98. The van der Waals surface area contributed by atoms with Crippen LogP contribution < -0.4 is 10.9 Å². The molecule has 0 saturated carbocycles. The largest absolute Gasteiger partial charge is 0.339 e. The molecule has 0 bridgehead atoms. The van der Waals surface area contributed by atoms with Crippen LogP contribution >= 0.6 is 0 Å². The van der Waals surface area contributed by atoms with E-state index in [1.807, 2.05) is 56.3 Å². The molecule has 0 aliphatic carbocycles. The number of pyridine rings is 1. The fourth-order valence-electron chi connectivity index (χ4n) is 3.09. The van der Waals surface area contributed by atoms with Gasteiger partial charge >= 0.3 is 0 Å². The van der Waals surface area contributed by atoms with Crippen molar-refractivity contribution in [3.05, 3.63) is 75.9 Å². The predicted molar refractivity (Wildman–Crippen MR) is 111 cm³/mol. The van der Waals surface area contributed by atoms with Gasteiger partial charge in [-0.1, -0.05) is 35.5 Å². The van der Waals surface area contributed by atoms with Crippen LogP contribution in [0.1, 0.15) is 23.4 Å². The molecule has 29 heavy (non-hydrogen) atoms. The van der Waals surface area contributed by atoms with Gasteiger partial charge in [0.15, 0.2) is 0 Å². The number of aromatic nitrogens is 3. The van der Waals surface area contributed by atoms with Gasteiger partial charge in [0.25, 0.3) is 5.56 Å². The maximum atomic E-state index is 12.4. The van der Waals surface area contributed by atoms with Gasteiger partial charge in [-0.05, 0) is 48.6 Å². The standard InChI is InChI=1S/C22H20N4O3/c1-13-7-8-15-12-16(22(28)24-18(15)11-13)21-25-20(29-26-21)10-9-19(27)23-17-6-4-3-5-14(17)2/h3-8,11-12H,9-10H2,1-2H3,(H,23,27)(H,24,28). The summed E-state index contributed by atoms with van der Waals surface area (Å²) in [4.78, 5) is 31.7. The highest BCUT2D eigenvalue weighted by molar-refractivity contribution is 5.91. The van der Waals surface area contributed by atoms with Gasteiger partial charge in [-0.15, -0.1) is 0 Å². The number of para-hydroxylation sites is 1. The second kappa shape index (κ2) is 7.71. The first-order valence-electron chi connectivity index (χ1n) is 9.32. The van der Waals surface area contributed by atoms with Crippen molar-refractivity contribution in [2.24, 2.45) is 0 Å². The summed E-state index contributed by atoms with van der Waals surface area (Å²) in [6.07, 6.45) is 0.485. The van der Waals surface area contributed by atoms with E-state index in [0.29, 0.717) is 11.5 Å². The number of nitrogens with one attached hydrogen (secondary N) is 2. The van der Waals surface area contributed by atoms with E-state index in [9.17, 15) is 9.59 Å². The lowest BCUT2D eigenvalue weighted by Crippen LogP contribution is -2.13.